The van der Waals surface area contributed by atoms with E-state index in [1.165, 1.54) is 24.3 Å². The number of benzene rings is 4. The number of unbranched alkanes of at least 4 members (excludes halogenated alkanes) is 2. The number of Topliss-reactive ketones (excluding diaryl/α,β-unsaturated/α-hetero) is 2. The first-order valence-corrected chi connectivity index (χ1v) is 36.0. The summed E-state index contributed by atoms with van der Waals surface area (Å²) in [7, 11) is -4.50. The molecule has 4 aromatic carbocycles. The van der Waals surface area contributed by atoms with Crippen molar-refractivity contribution in [2.75, 3.05) is 30.3 Å². The summed E-state index contributed by atoms with van der Waals surface area (Å²) in [5, 5.41) is 32.6. The predicted octanol–water partition coefficient (Wildman–Crippen LogP) is 8.73. The molecule has 8 rings (SSSR count). The van der Waals surface area contributed by atoms with Crippen LogP contribution in [0.2, 0.25) is 0 Å². The number of nitrogens with one attached hydrogen (secondary N) is 4. The highest BCUT2D eigenvalue weighted by Gasteiger charge is 2.54. The van der Waals surface area contributed by atoms with E-state index >= 15 is 0 Å². The maximum atomic E-state index is 14.6. The van der Waals surface area contributed by atoms with Crippen molar-refractivity contribution in [1.29, 1.82) is 0 Å². The van der Waals surface area contributed by atoms with Crippen LogP contribution >= 0.6 is 47.0 Å². The molecule has 2 aliphatic heterocycles. The van der Waals surface area contributed by atoms with Crippen molar-refractivity contribution in [3.63, 3.8) is 0 Å². The van der Waals surface area contributed by atoms with E-state index in [9.17, 15) is 66.3 Å². The molecular weight excluding hydrogens is 1270 g/mol. The molecule has 0 fully saturated rings. The summed E-state index contributed by atoms with van der Waals surface area (Å²) in [6.07, 6.45) is 8.78. The molecule has 4 amide bonds. The molecule has 2 heterocycles. The summed E-state index contributed by atoms with van der Waals surface area (Å²) >= 11 is 3.90. The van der Waals surface area contributed by atoms with Gasteiger partial charge in [0.2, 0.25) is 33.9 Å². The Morgan fingerprint density at radius 3 is 1.41 bits per heavy atom. The van der Waals surface area contributed by atoms with Gasteiger partial charge in [-0.25, -0.2) is 4.79 Å². The van der Waals surface area contributed by atoms with Gasteiger partial charge in [-0.2, -0.15) is 8.42 Å². The Morgan fingerprint density at radius 2 is 1.00 bits per heavy atom. The van der Waals surface area contributed by atoms with Crippen LogP contribution in [-0.2, 0) is 53.3 Å². The molecule has 0 spiro atoms. The second kappa shape index (κ2) is 32.3. The summed E-state index contributed by atoms with van der Waals surface area (Å²) in [5.74, 6) is -7.84. The second-order valence-corrected chi connectivity index (χ2v) is 28.7. The van der Waals surface area contributed by atoms with E-state index < -0.39 is 122 Å². The molecule has 0 saturated carbocycles. The van der Waals surface area contributed by atoms with Gasteiger partial charge in [0, 0.05) is 39.3 Å². The average molecular weight is 1350 g/mol. The Labute approximate surface area is 552 Å². The number of amides is 4. The van der Waals surface area contributed by atoms with Crippen molar-refractivity contribution < 1.29 is 71.1 Å². The molecule has 0 bridgehead atoms. The van der Waals surface area contributed by atoms with E-state index in [1.807, 2.05) is 76.2 Å². The van der Waals surface area contributed by atoms with Gasteiger partial charge in [0.25, 0.3) is 10.1 Å². The Morgan fingerprint density at radius 1 is 0.587 bits per heavy atom. The van der Waals surface area contributed by atoms with E-state index in [4.69, 9.17) is 4.74 Å². The van der Waals surface area contributed by atoms with Gasteiger partial charge in [0.1, 0.15) is 24.4 Å². The Hall–Kier alpha value is -6.90. The second-order valence-electron chi connectivity index (χ2n) is 22.9. The Balaban J connectivity index is 0.896. The maximum absolute atomic E-state index is 14.6. The summed E-state index contributed by atoms with van der Waals surface area (Å²) < 4.78 is 38.0. The van der Waals surface area contributed by atoms with Gasteiger partial charge in [0.05, 0.1) is 50.8 Å². The number of aliphatic hydroxyl groups is 2. The summed E-state index contributed by atoms with van der Waals surface area (Å²) in [6, 6.07) is 29.0. The van der Waals surface area contributed by atoms with E-state index in [0.717, 1.165) is 59.9 Å². The summed E-state index contributed by atoms with van der Waals surface area (Å²) in [5.41, 5.74) is 0.193. The van der Waals surface area contributed by atoms with Gasteiger partial charge < -0.3 is 36.2 Å². The van der Waals surface area contributed by atoms with Crippen molar-refractivity contribution in [2.45, 2.75) is 126 Å². The van der Waals surface area contributed by atoms with Gasteiger partial charge in [0.15, 0.2) is 11.6 Å². The number of ketones is 2. The molecule has 2 aliphatic carbocycles. The summed E-state index contributed by atoms with van der Waals surface area (Å²) in [6.45, 7) is 6.56. The first-order valence-electron chi connectivity index (χ1n) is 30.6. The standard InChI is InChI=1S/C68H76N4O15S5/c1-5-9-34-67(7-3)61(78)53(41-20-14-11-15-21-41)55-46(90-65(67)82)30-32-48(59(55)76)88-39-50(73)71-57(43-24-18-13-19-25-43)64(81)70-38-52(75)87-45-28-26-44(27-29-45)58(63(80)69-36-37-92(84,85)86)72-51(74)40-89-49-33-31-47-56(60(49)77)54(42-22-16-12-17-23-42)62(79)68(8-4,35-10-6-2)66(83)91-47/h11-33,48-49,53-54,57-58,61-62,78-79H,5-10,34-40H2,1-4H3,(H,69,80)(H,70,81)(H,71,73)(H,72,74)(H,84,85,86)/t48?,49?,53?,54?,57-,58-,61?,62?,67?,68?/m1/s1. The topological polar surface area (TPSA) is 306 Å². The van der Waals surface area contributed by atoms with Crippen molar-refractivity contribution in [2.24, 2.45) is 10.8 Å². The molecule has 7 N–H and O–H groups in total. The largest absolute Gasteiger partial charge is 0.425 e. The SMILES string of the molecule is CCCCC1(CC)C(=O)SC2=C(C(=O)C(SCC(=O)N[C@@H](C(=O)NCCS(=O)(=O)O)c3ccc(OC(=O)CNC(=O)[C@H](NC(=O)CSC4C=CC5=C(C4=O)C(c4ccccc4)C(O)C(CC)(CCCC)C(=O)S5)c4ccccc4)cc3)C=C2)C(c2ccccc2)C1O. The molecule has 4 aromatic rings. The van der Waals surface area contributed by atoms with Gasteiger partial charge in [-0.3, -0.25) is 42.9 Å². The number of carbonyl (C=O) groups is 9. The average Bonchev–Trinajstić information content (AvgIpc) is 1.57. The zero-order valence-electron chi connectivity index (χ0n) is 51.4. The van der Waals surface area contributed by atoms with Crippen LogP contribution < -0.4 is 26.0 Å². The van der Waals surface area contributed by atoms with Crippen molar-refractivity contribution in [3.05, 3.63) is 183 Å². The number of ether oxygens (including phenoxy) is 1. The number of hydrogen-bond donors (Lipinski definition) is 7. The smallest absolute Gasteiger partial charge is 0.330 e. The van der Waals surface area contributed by atoms with Gasteiger partial charge in [-0.1, -0.05) is 204 Å². The molecule has 0 saturated heterocycles. The van der Waals surface area contributed by atoms with Crippen LogP contribution in [0.15, 0.2) is 161 Å². The zero-order chi connectivity index (χ0) is 66.3. The fraction of sp³-hybridized carbons (Fsp3) is 0.397. The Kier molecular flexibility index (Phi) is 24.9. The lowest BCUT2D eigenvalue weighted by atomic mass is 9.67. The van der Waals surface area contributed by atoms with E-state index in [1.54, 1.807) is 66.8 Å². The fourth-order valence-corrected chi connectivity index (χ4v) is 16.6. The number of rotatable bonds is 28. The number of carbonyl (C=O) groups excluding carboxylic acids is 9. The quantitative estimate of drug-likeness (QED) is 0.0159. The van der Waals surface area contributed by atoms with E-state index in [0.29, 0.717) is 70.6 Å². The van der Waals surface area contributed by atoms with Crippen LogP contribution in [-0.4, -0.2) is 128 Å². The first kappa shape index (κ1) is 71.0. The number of thioether (sulfide) groups is 4. The number of hydrogen-bond acceptors (Lipinski definition) is 18. The van der Waals surface area contributed by atoms with Crippen LogP contribution in [0.1, 0.15) is 125 Å². The molecule has 8 unspecified atom stereocenters. The van der Waals surface area contributed by atoms with E-state index in [-0.39, 0.29) is 44.4 Å². The van der Waals surface area contributed by atoms with Crippen molar-refractivity contribution in [3.8, 4) is 5.75 Å². The molecule has 488 valence electrons. The third-order valence-electron chi connectivity index (χ3n) is 17.1. The predicted molar refractivity (Wildman–Crippen MR) is 358 cm³/mol. The maximum Gasteiger partial charge on any atom is 0.330 e. The highest BCUT2D eigenvalue weighted by atomic mass is 32.2. The van der Waals surface area contributed by atoms with Crippen molar-refractivity contribution in [1.82, 2.24) is 21.3 Å². The lowest BCUT2D eigenvalue weighted by molar-refractivity contribution is -0.136. The van der Waals surface area contributed by atoms with Crippen LogP contribution in [0.25, 0.3) is 0 Å². The third kappa shape index (κ3) is 16.7. The Bertz CT molecular complexity index is 3640. The number of esters is 1. The monoisotopic (exact) mass is 1350 g/mol. The molecular formula is C68H76N4O15S5. The lowest BCUT2D eigenvalue weighted by Gasteiger charge is -2.39. The number of aliphatic hydroxyl groups excluding tert-OH is 2. The first-order chi connectivity index (χ1) is 44.1. The molecule has 4 aliphatic rings. The molecule has 10 atom stereocenters. The lowest BCUT2D eigenvalue weighted by Crippen LogP contribution is -2.44. The normalized spacial score (nSPS) is 23.7. The highest BCUT2D eigenvalue weighted by molar-refractivity contribution is 8.17. The van der Waals surface area contributed by atoms with Crippen LogP contribution in [0.3, 0.4) is 0 Å². The van der Waals surface area contributed by atoms with Gasteiger partial charge >= 0.3 is 5.97 Å². The minimum atomic E-state index is -4.50. The highest BCUT2D eigenvalue weighted by Crippen LogP contribution is 2.55. The van der Waals surface area contributed by atoms with Crippen molar-refractivity contribution >= 4 is 109 Å². The van der Waals surface area contributed by atoms with Gasteiger partial charge in [-0.15, -0.1) is 23.5 Å². The van der Waals surface area contributed by atoms with E-state index in [2.05, 4.69) is 21.3 Å². The fourth-order valence-electron chi connectivity index (χ4n) is 12.0. The van der Waals surface area contributed by atoms with Gasteiger partial charge in [-0.05, 0) is 60.1 Å². The molecule has 0 radical (unpaired) electrons. The minimum Gasteiger partial charge on any atom is -0.425 e. The molecule has 19 nitrogen and oxygen atoms in total. The zero-order valence-corrected chi connectivity index (χ0v) is 55.5. The van der Waals surface area contributed by atoms with Crippen LogP contribution in [0.4, 0.5) is 0 Å². The molecule has 92 heavy (non-hydrogen) atoms. The molecule has 24 heteroatoms. The number of allylic oxidation sites excluding steroid dienone is 2. The third-order valence-corrected chi connectivity index (χ3v) is 22.5. The van der Waals surface area contributed by atoms with Crippen LogP contribution in [0.5, 0.6) is 5.75 Å². The minimum absolute atomic E-state index is 0.0468. The summed E-state index contributed by atoms with van der Waals surface area (Å²) in [4.78, 5) is 127. The van der Waals surface area contributed by atoms with Crippen LogP contribution in [0, 0.1) is 10.8 Å². The molecule has 0 aromatic heterocycles.